The number of anilines is 4. The number of hydrogen-bond donors (Lipinski definition) is 8. The Labute approximate surface area is 235 Å². The summed E-state index contributed by atoms with van der Waals surface area (Å²) in [6.45, 7) is 0.899. The van der Waals surface area contributed by atoms with Crippen molar-refractivity contribution in [1.29, 1.82) is 0 Å². The van der Waals surface area contributed by atoms with Crippen LogP contribution in [-0.2, 0) is 14.4 Å². The number of carbonyl (C=O) groups excluding carboxylic acids is 2. The van der Waals surface area contributed by atoms with Crippen LogP contribution in [0.2, 0.25) is 0 Å². The number of nitrogens with zero attached hydrogens (tertiary/aromatic N) is 1. The number of H-pyrrole nitrogens is 1. The predicted octanol–water partition coefficient (Wildman–Crippen LogP) is -1.77. The van der Waals surface area contributed by atoms with Gasteiger partial charge in [-0.3, -0.25) is 19.4 Å². The monoisotopic (exact) mass is 563 g/mol. The second-order valence-corrected chi connectivity index (χ2v) is 7.54. The summed E-state index contributed by atoms with van der Waals surface area (Å²) in [5.74, 6) is -4.82. The van der Waals surface area contributed by atoms with Crippen LogP contribution in [0.15, 0.2) is 29.1 Å². The molecule has 3 unspecified atom stereocenters. The maximum absolute atomic E-state index is 12.4. The molecule has 184 valence electrons. The zero-order valence-corrected chi connectivity index (χ0v) is 17.7. The van der Waals surface area contributed by atoms with Crippen molar-refractivity contribution in [3.8, 4) is 0 Å². The summed E-state index contributed by atoms with van der Waals surface area (Å²) in [6, 6.07) is 4.44. The van der Waals surface area contributed by atoms with E-state index in [-0.39, 0.29) is 75.0 Å². The molecule has 9 N–H and O–H groups in total. The number of nitrogens with two attached hydrogens (primary N) is 1. The predicted molar refractivity (Wildman–Crippen MR) is 129 cm³/mol. The Balaban J connectivity index is 0.00000432. The zero-order valence-electron chi connectivity index (χ0n) is 17.7. The van der Waals surface area contributed by atoms with E-state index in [9.17, 15) is 29.1 Å². The van der Waals surface area contributed by atoms with Gasteiger partial charge in [0.05, 0.1) is 6.04 Å². The second kappa shape index (κ2) is 12.5. The quantitative estimate of drug-likeness (QED) is 0.0913. The molecule has 1 aromatic heterocycles. The zero-order chi connectivity index (χ0) is 24.8. The Hall–Kier alpha value is -3.14. The van der Waals surface area contributed by atoms with Crippen molar-refractivity contribution in [1.82, 2.24) is 15.3 Å². The van der Waals surface area contributed by atoms with Gasteiger partial charge in [0.2, 0.25) is 5.95 Å². The van der Waals surface area contributed by atoms with E-state index < -0.39 is 41.8 Å². The molecule has 1 aliphatic rings. The Morgan fingerprint density at radius 2 is 1.89 bits per heavy atom. The van der Waals surface area contributed by atoms with Crippen LogP contribution in [0.5, 0.6) is 0 Å². The van der Waals surface area contributed by atoms with Gasteiger partial charge in [0.1, 0.15) is 23.9 Å². The van der Waals surface area contributed by atoms with E-state index in [4.69, 9.17) is 10.8 Å². The molecule has 1 aliphatic heterocycles. The molecule has 3 rings (SSSR count). The summed E-state index contributed by atoms with van der Waals surface area (Å²) < 4.78 is 0. The molecular weight excluding hydrogens is 538 g/mol. The van der Waals surface area contributed by atoms with Crippen molar-refractivity contribution in [3.05, 3.63) is 40.2 Å². The Morgan fingerprint density at radius 3 is 2.49 bits per heavy atom. The van der Waals surface area contributed by atoms with Gasteiger partial charge in [0.25, 0.3) is 11.5 Å². The second-order valence-electron chi connectivity index (χ2n) is 7.54. The minimum atomic E-state index is -1.55. The van der Waals surface area contributed by atoms with Gasteiger partial charge in [-0.1, -0.05) is 0 Å². The summed E-state index contributed by atoms with van der Waals surface area (Å²) in [6.07, 6.45) is -0.446. The Bertz CT molecular complexity index is 1160. The average molecular weight is 563 g/mol. The fraction of sp³-hybridized carbons (Fsp3) is 0.300. The van der Waals surface area contributed by atoms with Crippen LogP contribution in [0.1, 0.15) is 16.8 Å². The number of carbonyl (C=O) groups is 4. The normalized spacial score (nSPS) is 15.6. The van der Waals surface area contributed by atoms with Crippen LogP contribution in [0.4, 0.5) is 23.1 Å². The molecule has 1 aromatic carbocycles. The first-order valence-electron chi connectivity index (χ1n) is 10.1. The number of carboxylic acids is 2. The first-order chi connectivity index (χ1) is 16.2. The number of nitrogens with one attached hydrogen (secondary N) is 5. The van der Waals surface area contributed by atoms with Crippen LogP contribution in [0, 0.1) is 5.92 Å². The van der Waals surface area contributed by atoms with E-state index in [1.54, 1.807) is 12.1 Å². The third-order valence-electron chi connectivity index (χ3n) is 5.08. The number of rotatable bonds is 10. The van der Waals surface area contributed by atoms with Gasteiger partial charge in [-0.15, -0.1) is 0 Å². The first-order valence-corrected chi connectivity index (χ1v) is 10.1. The number of hydrogen-bond acceptors (Lipinski definition) is 10. The van der Waals surface area contributed by atoms with Crippen LogP contribution in [0.25, 0.3) is 0 Å². The van der Waals surface area contributed by atoms with Crippen LogP contribution >= 0.6 is 0 Å². The molecule has 1 amide bonds. The molecule has 3 atom stereocenters. The number of carboxylic acid groups (broad SMARTS) is 2. The topological polar surface area (TPSA) is 229 Å². The standard InChI is InChI=1S/C20H23N7O7.Sr.2H/c21-20-26-15-14(17(30)27-20)24-12(7-23-15)6-22-11-3-1-9(2-4-11)16(29)25-13(19(33)34)5-10(8-28)18(31)32;;;/h1-4,8,10,12-13,22,24H,5-7H2,(H,25,29)(H,31,32)(H,33,34)(H4,21,23,26,27,30);;;. The van der Waals surface area contributed by atoms with Crippen molar-refractivity contribution in [2.24, 2.45) is 5.92 Å². The van der Waals surface area contributed by atoms with Gasteiger partial charge in [0.15, 0.2) is 5.82 Å². The molecule has 0 bridgehead atoms. The van der Waals surface area contributed by atoms with E-state index in [0.717, 1.165) is 0 Å². The van der Waals surface area contributed by atoms with Crippen molar-refractivity contribution >= 4 is 92.8 Å². The molecular formula is C20H25N7O7Sr. The molecule has 2 aromatic rings. The number of nitrogen functional groups attached to an aromatic ring is 1. The molecule has 0 saturated carbocycles. The molecule has 35 heavy (non-hydrogen) atoms. The average Bonchev–Trinajstić information content (AvgIpc) is 2.80. The Kier molecular flexibility index (Phi) is 10.1. The molecule has 2 heterocycles. The van der Waals surface area contributed by atoms with Gasteiger partial charge in [-0.05, 0) is 30.7 Å². The van der Waals surface area contributed by atoms with E-state index in [1.807, 2.05) is 0 Å². The van der Waals surface area contributed by atoms with Crippen molar-refractivity contribution in [2.45, 2.75) is 18.5 Å². The van der Waals surface area contributed by atoms with E-state index >= 15 is 0 Å². The molecule has 14 nitrogen and oxygen atoms in total. The summed E-state index contributed by atoms with van der Waals surface area (Å²) in [4.78, 5) is 64.0. The van der Waals surface area contributed by atoms with Gasteiger partial charge < -0.3 is 42.0 Å². The Morgan fingerprint density at radius 1 is 1.20 bits per heavy atom. The third-order valence-corrected chi connectivity index (χ3v) is 5.08. The summed E-state index contributed by atoms with van der Waals surface area (Å²) in [7, 11) is 0. The number of benzene rings is 1. The van der Waals surface area contributed by atoms with Crippen molar-refractivity contribution < 1.29 is 29.4 Å². The maximum atomic E-state index is 12.4. The number of fused-ring (bicyclic) bond motifs is 1. The van der Waals surface area contributed by atoms with Crippen molar-refractivity contribution in [2.75, 3.05) is 34.8 Å². The van der Waals surface area contributed by atoms with Gasteiger partial charge >= 0.3 is 57.4 Å². The fourth-order valence-electron chi connectivity index (χ4n) is 3.26. The minimum absolute atomic E-state index is 0. The number of amides is 1. The summed E-state index contributed by atoms with van der Waals surface area (Å²) in [5, 5.41) is 29.7. The van der Waals surface area contributed by atoms with Crippen molar-refractivity contribution in [3.63, 3.8) is 0 Å². The number of aliphatic carboxylic acids is 2. The van der Waals surface area contributed by atoms with Gasteiger partial charge in [0, 0.05) is 24.3 Å². The molecule has 15 heteroatoms. The molecule has 0 fully saturated rings. The first kappa shape index (κ1) is 28.1. The fourth-order valence-corrected chi connectivity index (χ4v) is 3.26. The van der Waals surface area contributed by atoms with Crippen LogP contribution in [-0.4, -0.2) is 115 Å². The number of aromatic amines is 1. The van der Waals surface area contributed by atoms with E-state index in [2.05, 4.69) is 31.2 Å². The molecule has 0 aliphatic carbocycles. The van der Waals surface area contributed by atoms with Gasteiger partial charge in [-0.25, -0.2) is 4.79 Å². The number of aldehydes is 1. The van der Waals surface area contributed by atoms with Gasteiger partial charge in [-0.2, -0.15) is 4.98 Å². The number of aromatic nitrogens is 2. The molecule has 0 spiro atoms. The van der Waals surface area contributed by atoms with E-state index in [0.29, 0.717) is 24.6 Å². The third kappa shape index (κ3) is 7.42. The SMILES string of the molecule is Nc1nc2c(c(=O)[nH]1)NC(CNc1ccc(C(=O)NC(CC(C=O)C(=O)O)C(=O)O)cc1)CN2.[SrH2]. The summed E-state index contributed by atoms with van der Waals surface area (Å²) in [5.41, 5.74) is 6.23. The summed E-state index contributed by atoms with van der Waals surface area (Å²) >= 11 is 0. The molecule has 0 radical (unpaired) electrons. The van der Waals surface area contributed by atoms with E-state index in [1.165, 1.54) is 12.1 Å². The van der Waals surface area contributed by atoms with Crippen LogP contribution < -0.4 is 32.6 Å². The van der Waals surface area contributed by atoms with Crippen LogP contribution in [0.3, 0.4) is 0 Å². The molecule has 0 saturated heterocycles.